The summed E-state index contributed by atoms with van der Waals surface area (Å²) in [5.41, 5.74) is 0. The number of piperidine rings is 1. The van der Waals surface area contributed by atoms with Gasteiger partial charge in [-0.1, -0.05) is 20.3 Å². The van der Waals surface area contributed by atoms with E-state index in [0.717, 1.165) is 56.4 Å². The van der Waals surface area contributed by atoms with Gasteiger partial charge in [0.15, 0.2) is 5.96 Å². The van der Waals surface area contributed by atoms with Crippen LogP contribution in [0.5, 0.6) is 0 Å². The third-order valence-corrected chi connectivity index (χ3v) is 7.05. The standard InChI is InChI=1S/C18H36N4OS/c1-4-24(23)17-9-5-8-16(13-17)21-18(19-3)20-10-12-22-11-6-7-15(2)14-22/h15-17H,4-14H2,1-3H3,(H2,19,20,21). The minimum absolute atomic E-state index is 0.356. The van der Waals surface area contributed by atoms with Crippen molar-refractivity contribution in [2.24, 2.45) is 10.9 Å². The zero-order valence-electron chi connectivity index (χ0n) is 15.7. The number of likely N-dealkylation sites (tertiary alicyclic amines) is 1. The van der Waals surface area contributed by atoms with Crippen molar-refractivity contribution < 1.29 is 4.21 Å². The molecule has 5 nitrogen and oxygen atoms in total. The largest absolute Gasteiger partial charge is 0.355 e. The molecule has 0 amide bonds. The molecule has 2 rings (SSSR count). The van der Waals surface area contributed by atoms with Gasteiger partial charge >= 0.3 is 0 Å². The predicted molar refractivity (Wildman–Crippen MR) is 104 cm³/mol. The predicted octanol–water partition coefficient (Wildman–Crippen LogP) is 1.96. The lowest BCUT2D eigenvalue weighted by molar-refractivity contribution is 0.186. The van der Waals surface area contributed by atoms with Crippen LogP contribution in [0.25, 0.3) is 0 Å². The lowest BCUT2D eigenvalue weighted by Gasteiger charge is -2.32. The Morgan fingerprint density at radius 1 is 1.29 bits per heavy atom. The molecule has 1 saturated heterocycles. The summed E-state index contributed by atoms with van der Waals surface area (Å²) in [7, 11) is 1.17. The maximum Gasteiger partial charge on any atom is 0.191 e. The summed E-state index contributed by atoms with van der Waals surface area (Å²) in [6.45, 7) is 8.84. The Morgan fingerprint density at radius 3 is 2.83 bits per heavy atom. The van der Waals surface area contributed by atoms with E-state index in [2.05, 4.69) is 27.4 Å². The fraction of sp³-hybridized carbons (Fsp3) is 0.944. The molecule has 2 N–H and O–H groups in total. The van der Waals surface area contributed by atoms with Crippen molar-refractivity contribution in [3.63, 3.8) is 0 Å². The van der Waals surface area contributed by atoms with E-state index in [4.69, 9.17) is 0 Å². The Morgan fingerprint density at radius 2 is 2.12 bits per heavy atom. The Kier molecular flexibility index (Phi) is 8.53. The van der Waals surface area contributed by atoms with Crippen molar-refractivity contribution in [2.45, 2.75) is 63.7 Å². The molecule has 0 spiro atoms. The van der Waals surface area contributed by atoms with E-state index >= 15 is 0 Å². The number of nitrogens with one attached hydrogen (secondary N) is 2. The van der Waals surface area contributed by atoms with Gasteiger partial charge in [-0.25, -0.2) is 0 Å². The van der Waals surface area contributed by atoms with E-state index in [-0.39, 0.29) is 0 Å². The van der Waals surface area contributed by atoms with Crippen LogP contribution in [0, 0.1) is 5.92 Å². The van der Waals surface area contributed by atoms with Gasteiger partial charge in [0.1, 0.15) is 0 Å². The Bertz CT molecular complexity index is 429. The quantitative estimate of drug-likeness (QED) is 0.564. The van der Waals surface area contributed by atoms with Gasteiger partial charge in [-0.3, -0.25) is 9.20 Å². The summed E-state index contributed by atoms with van der Waals surface area (Å²) in [4.78, 5) is 6.92. The molecule has 0 bridgehead atoms. The molecule has 4 unspecified atom stereocenters. The molecule has 1 aliphatic carbocycles. The number of rotatable bonds is 6. The first-order valence-electron chi connectivity index (χ1n) is 9.69. The fourth-order valence-electron chi connectivity index (χ4n) is 3.96. The molecule has 2 aliphatic rings. The fourth-order valence-corrected chi connectivity index (χ4v) is 5.31. The lowest BCUT2D eigenvalue weighted by atomic mass is 9.95. The zero-order valence-corrected chi connectivity index (χ0v) is 16.5. The maximum absolute atomic E-state index is 12.1. The zero-order chi connectivity index (χ0) is 17.4. The Balaban J connectivity index is 1.70. The number of hydrogen-bond acceptors (Lipinski definition) is 3. The molecule has 140 valence electrons. The summed E-state index contributed by atoms with van der Waals surface area (Å²) in [5, 5.41) is 7.36. The van der Waals surface area contributed by atoms with Gasteiger partial charge in [-0.05, 0) is 44.6 Å². The molecule has 0 radical (unpaired) electrons. The third-order valence-electron chi connectivity index (χ3n) is 5.31. The Hall–Kier alpha value is -0.620. The van der Waals surface area contributed by atoms with Crippen LogP contribution in [-0.4, -0.2) is 65.3 Å². The molecule has 24 heavy (non-hydrogen) atoms. The van der Waals surface area contributed by atoms with Crippen molar-refractivity contribution in [2.75, 3.05) is 39.0 Å². The topological polar surface area (TPSA) is 56.7 Å². The van der Waals surface area contributed by atoms with Crippen LogP contribution in [-0.2, 0) is 10.8 Å². The minimum Gasteiger partial charge on any atom is -0.355 e. The molecule has 0 aromatic carbocycles. The van der Waals surface area contributed by atoms with E-state index in [1.54, 1.807) is 0 Å². The van der Waals surface area contributed by atoms with Gasteiger partial charge in [0.05, 0.1) is 0 Å². The van der Waals surface area contributed by atoms with Gasteiger partial charge in [0.25, 0.3) is 0 Å². The van der Waals surface area contributed by atoms with Crippen molar-refractivity contribution in [3.8, 4) is 0 Å². The van der Waals surface area contributed by atoms with E-state index < -0.39 is 10.8 Å². The first-order chi connectivity index (χ1) is 11.6. The van der Waals surface area contributed by atoms with E-state index in [9.17, 15) is 4.21 Å². The molecule has 0 aromatic heterocycles. The van der Waals surface area contributed by atoms with Crippen LogP contribution in [0.15, 0.2) is 4.99 Å². The number of guanidine groups is 1. The average molecular weight is 357 g/mol. The van der Waals surface area contributed by atoms with Gasteiger partial charge in [0, 0.05) is 54.5 Å². The van der Waals surface area contributed by atoms with Crippen molar-refractivity contribution in [3.05, 3.63) is 0 Å². The molecule has 0 aromatic rings. The second kappa shape index (κ2) is 10.4. The summed E-state index contributed by atoms with van der Waals surface area (Å²) in [5.74, 6) is 2.50. The van der Waals surface area contributed by atoms with Crippen LogP contribution in [0.4, 0.5) is 0 Å². The van der Waals surface area contributed by atoms with Crippen LogP contribution in [0.2, 0.25) is 0 Å². The average Bonchev–Trinajstić information content (AvgIpc) is 2.60. The summed E-state index contributed by atoms with van der Waals surface area (Å²) >= 11 is 0. The van der Waals surface area contributed by atoms with E-state index in [0.29, 0.717) is 11.3 Å². The lowest BCUT2D eigenvalue weighted by Crippen LogP contribution is -2.48. The SMILES string of the molecule is CCS(=O)C1CCCC(NC(=NC)NCCN2CCCC(C)C2)C1. The van der Waals surface area contributed by atoms with Crippen LogP contribution in [0.1, 0.15) is 52.4 Å². The van der Waals surface area contributed by atoms with Crippen molar-refractivity contribution in [1.29, 1.82) is 0 Å². The van der Waals surface area contributed by atoms with Gasteiger partial charge in [0.2, 0.25) is 0 Å². The maximum atomic E-state index is 12.1. The number of hydrogen-bond donors (Lipinski definition) is 2. The highest BCUT2D eigenvalue weighted by molar-refractivity contribution is 7.85. The molecule has 4 atom stereocenters. The third kappa shape index (κ3) is 6.36. The highest BCUT2D eigenvalue weighted by Crippen LogP contribution is 2.23. The molecule has 2 fully saturated rings. The molecule has 1 aliphatic heterocycles. The number of aliphatic imine (C=N–C) groups is 1. The highest BCUT2D eigenvalue weighted by Gasteiger charge is 2.26. The number of nitrogens with zero attached hydrogens (tertiary/aromatic N) is 2. The normalized spacial score (nSPS) is 30.8. The van der Waals surface area contributed by atoms with Crippen molar-refractivity contribution in [1.82, 2.24) is 15.5 Å². The van der Waals surface area contributed by atoms with Gasteiger partial charge < -0.3 is 15.5 Å². The first-order valence-corrected chi connectivity index (χ1v) is 11.1. The summed E-state index contributed by atoms with van der Waals surface area (Å²) in [6, 6.07) is 0.403. The first kappa shape index (κ1) is 19.7. The second-order valence-corrected chi connectivity index (χ2v) is 9.35. The minimum atomic E-state index is -0.670. The molecular weight excluding hydrogens is 320 g/mol. The summed E-state index contributed by atoms with van der Waals surface area (Å²) in [6.07, 6.45) is 7.13. The van der Waals surface area contributed by atoms with E-state index in [1.165, 1.54) is 25.9 Å². The van der Waals surface area contributed by atoms with Crippen LogP contribution in [0.3, 0.4) is 0 Å². The Labute approximate surface area is 150 Å². The summed E-state index contributed by atoms with van der Waals surface area (Å²) < 4.78 is 12.1. The smallest absolute Gasteiger partial charge is 0.191 e. The van der Waals surface area contributed by atoms with Crippen LogP contribution < -0.4 is 10.6 Å². The molecule has 6 heteroatoms. The molecule has 1 heterocycles. The van der Waals surface area contributed by atoms with Gasteiger partial charge in [-0.2, -0.15) is 0 Å². The van der Waals surface area contributed by atoms with Crippen molar-refractivity contribution >= 4 is 16.8 Å². The molecule has 1 saturated carbocycles. The monoisotopic (exact) mass is 356 g/mol. The van der Waals surface area contributed by atoms with Crippen LogP contribution >= 0.6 is 0 Å². The molecular formula is C18H36N4OS. The highest BCUT2D eigenvalue weighted by atomic mass is 32.2. The second-order valence-electron chi connectivity index (χ2n) is 7.35. The van der Waals surface area contributed by atoms with E-state index in [1.807, 2.05) is 14.0 Å². The van der Waals surface area contributed by atoms with Gasteiger partial charge in [-0.15, -0.1) is 0 Å².